The number of carbonyl (C=O) groups excluding carboxylic acids is 1. The number of nitrogens with zero attached hydrogens (tertiary/aromatic N) is 1. The van der Waals surface area contributed by atoms with Crippen LogP contribution in [0.3, 0.4) is 0 Å². The zero-order valence-electron chi connectivity index (χ0n) is 11.5. The molecule has 102 valence electrons. The molecule has 5 nitrogen and oxygen atoms in total. The number of carbonyl (C=O) groups is 1. The molecule has 0 saturated carbocycles. The van der Waals surface area contributed by atoms with Gasteiger partial charge in [0.25, 0.3) is 0 Å². The van der Waals surface area contributed by atoms with E-state index in [-0.39, 0.29) is 11.3 Å². The summed E-state index contributed by atoms with van der Waals surface area (Å²) in [6.45, 7) is 7.64. The third-order valence-corrected chi connectivity index (χ3v) is 3.20. The fraction of sp³-hybridized carbons (Fsp3) is 0.846. The van der Waals surface area contributed by atoms with Crippen LogP contribution in [0.5, 0.6) is 0 Å². The summed E-state index contributed by atoms with van der Waals surface area (Å²) in [7, 11) is 0. The molecule has 1 aliphatic heterocycles. The van der Waals surface area contributed by atoms with Gasteiger partial charge in [0.15, 0.2) is 0 Å². The van der Waals surface area contributed by atoms with Crippen LogP contribution >= 0.6 is 0 Å². The molecule has 0 radical (unpaired) electrons. The molecule has 4 N–H and O–H groups in total. The lowest BCUT2D eigenvalue weighted by atomic mass is 9.86. The predicted octanol–water partition coefficient (Wildman–Crippen LogP) is 0.512. The molecule has 0 aromatic rings. The van der Waals surface area contributed by atoms with Gasteiger partial charge in [0.05, 0.1) is 12.1 Å². The third kappa shape index (κ3) is 4.28. The van der Waals surface area contributed by atoms with Gasteiger partial charge >= 0.3 is 0 Å². The molecule has 1 unspecified atom stereocenters. The summed E-state index contributed by atoms with van der Waals surface area (Å²) < 4.78 is 0. The summed E-state index contributed by atoms with van der Waals surface area (Å²) in [6, 6.07) is 1.69. The van der Waals surface area contributed by atoms with Gasteiger partial charge in [0.2, 0.25) is 5.91 Å². The smallest absolute Gasteiger partial charge is 0.238 e. The van der Waals surface area contributed by atoms with Gasteiger partial charge in [-0.2, -0.15) is 5.26 Å². The molecule has 0 aromatic carbocycles. The van der Waals surface area contributed by atoms with Gasteiger partial charge < -0.3 is 16.4 Å². The quantitative estimate of drug-likeness (QED) is 0.682. The molecular formula is C13H24N4O. The van der Waals surface area contributed by atoms with Gasteiger partial charge in [-0.1, -0.05) is 20.8 Å². The molecule has 0 aromatic heterocycles. The summed E-state index contributed by atoms with van der Waals surface area (Å²) >= 11 is 0. The van der Waals surface area contributed by atoms with Crippen LogP contribution in [-0.2, 0) is 4.79 Å². The standard InChI is InChI=1S/C13H24N4O/c1-12(2,3)8-10(15)11(18)17-13(9-14)4-6-16-7-5-13/h10,16H,4-8,15H2,1-3H3,(H,17,18). The van der Waals surface area contributed by atoms with Gasteiger partial charge in [-0.25, -0.2) is 0 Å². The molecule has 1 aliphatic rings. The minimum atomic E-state index is -0.738. The Bertz CT molecular complexity index is 334. The van der Waals surface area contributed by atoms with E-state index in [0.29, 0.717) is 19.3 Å². The first kappa shape index (κ1) is 14.9. The Morgan fingerprint density at radius 1 is 1.50 bits per heavy atom. The molecule has 1 amide bonds. The number of hydrogen-bond acceptors (Lipinski definition) is 4. The van der Waals surface area contributed by atoms with Crippen molar-refractivity contribution in [3.63, 3.8) is 0 Å². The average molecular weight is 252 g/mol. The molecule has 0 bridgehead atoms. The van der Waals surface area contributed by atoms with Crippen LogP contribution in [0.4, 0.5) is 0 Å². The van der Waals surface area contributed by atoms with Gasteiger partial charge in [-0.3, -0.25) is 4.79 Å². The zero-order chi connectivity index (χ0) is 13.8. The SMILES string of the molecule is CC(C)(C)CC(N)C(=O)NC1(C#N)CCNCC1. The van der Waals surface area contributed by atoms with E-state index in [1.165, 1.54) is 0 Å². The summed E-state index contributed by atoms with van der Waals surface area (Å²) in [5, 5.41) is 15.3. The Balaban J connectivity index is 2.60. The van der Waals surface area contributed by atoms with E-state index in [0.717, 1.165) is 13.1 Å². The minimum absolute atomic E-state index is 0.00465. The van der Waals surface area contributed by atoms with E-state index in [4.69, 9.17) is 5.73 Å². The van der Waals surface area contributed by atoms with Gasteiger partial charge in [-0.15, -0.1) is 0 Å². The fourth-order valence-corrected chi connectivity index (χ4v) is 2.20. The Morgan fingerprint density at radius 2 is 2.06 bits per heavy atom. The Hall–Kier alpha value is -1.12. The van der Waals surface area contributed by atoms with Gasteiger partial charge in [-0.05, 0) is 37.8 Å². The Morgan fingerprint density at radius 3 is 2.50 bits per heavy atom. The predicted molar refractivity (Wildman–Crippen MR) is 70.6 cm³/mol. The van der Waals surface area contributed by atoms with Crippen LogP contribution in [0.25, 0.3) is 0 Å². The van der Waals surface area contributed by atoms with Crippen molar-refractivity contribution in [2.45, 2.75) is 51.6 Å². The van der Waals surface area contributed by atoms with Crippen LogP contribution in [0.1, 0.15) is 40.0 Å². The first-order chi connectivity index (χ1) is 8.28. The highest BCUT2D eigenvalue weighted by molar-refractivity contribution is 5.82. The zero-order valence-corrected chi connectivity index (χ0v) is 11.5. The molecule has 5 heteroatoms. The maximum Gasteiger partial charge on any atom is 0.238 e. The number of amides is 1. The minimum Gasteiger partial charge on any atom is -0.336 e. The molecule has 1 atom stereocenters. The summed E-state index contributed by atoms with van der Waals surface area (Å²) in [4.78, 5) is 12.0. The van der Waals surface area contributed by atoms with Crippen molar-refractivity contribution in [2.24, 2.45) is 11.1 Å². The van der Waals surface area contributed by atoms with Crippen molar-refractivity contribution in [3.8, 4) is 6.07 Å². The maximum absolute atomic E-state index is 12.0. The van der Waals surface area contributed by atoms with Crippen LogP contribution in [0.2, 0.25) is 0 Å². The molecule has 18 heavy (non-hydrogen) atoms. The number of nitriles is 1. The molecule has 1 fully saturated rings. The number of piperidine rings is 1. The van der Waals surface area contributed by atoms with E-state index in [2.05, 4.69) is 16.7 Å². The summed E-state index contributed by atoms with van der Waals surface area (Å²) in [5.41, 5.74) is 5.16. The number of nitrogens with two attached hydrogens (primary N) is 1. The van der Waals surface area contributed by atoms with E-state index < -0.39 is 11.6 Å². The molecule has 1 saturated heterocycles. The van der Waals surface area contributed by atoms with E-state index in [1.807, 2.05) is 20.8 Å². The molecule has 0 aliphatic carbocycles. The van der Waals surface area contributed by atoms with Crippen LogP contribution in [-0.4, -0.2) is 30.6 Å². The normalized spacial score (nSPS) is 20.8. The van der Waals surface area contributed by atoms with Gasteiger partial charge in [0.1, 0.15) is 5.54 Å². The monoisotopic (exact) mass is 252 g/mol. The van der Waals surface area contributed by atoms with Crippen molar-refractivity contribution in [3.05, 3.63) is 0 Å². The second-order valence-corrected chi connectivity index (χ2v) is 6.30. The maximum atomic E-state index is 12.0. The fourth-order valence-electron chi connectivity index (χ4n) is 2.20. The highest BCUT2D eigenvalue weighted by atomic mass is 16.2. The molecule has 1 heterocycles. The number of hydrogen-bond donors (Lipinski definition) is 3. The Kier molecular flexibility index (Phi) is 4.71. The molecule has 1 rings (SSSR count). The van der Waals surface area contributed by atoms with Gasteiger partial charge in [0, 0.05) is 0 Å². The summed E-state index contributed by atoms with van der Waals surface area (Å²) in [6.07, 6.45) is 1.88. The molecule has 0 spiro atoms. The lowest BCUT2D eigenvalue weighted by Crippen LogP contribution is -2.57. The topological polar surface area (TPSA) is 90.9 Å². The van der Waals surface area contributed by atoms with Crippen molar-refractivity contribution in [1.82, 2.24) is 10.6 Å². The third-order valence-electron chi connectivity index (χ3n) is 3.20. The highest BCUT2D eigenvalue weighted by Crippen LogP contribution is 2.21. The van der Waals surface area contributed by atoms with Crippen molar-refractivity contribution >= 4 is 5.91 Å². The molecular weight excluding hydrogens is 228 g/mol. The summed E-state index contributed by atoms with van der Waals surface area (Å²) in [5.74, 6) is -0.214. The van der Waals surface area contributed by atoms with Crippen LogP contribution < -0.4 is 16.4 Å². The first-order valence-electron chi connectivity index (χ1n) is 6.48. The van der Waals surface area contributed by atoms with Crippen molar-refractivity contribution in [1.29, 1.82) is 5.26 Å². The van der Waals surface area contributed by atoms with Crippen molar-refractivity contribution in [2.75, 3.05) is 13.1 Å². The van der Waals surface area contributed by atoms with E-state index in [1.54, 1.807) is 0 Å². The average Bonchev–Trinajstić information content (AvgIpc) is 2.28. The van der Waals surface area contributed by atoms with Crippen molar-refractivity contribution < 1.29 is 4.79 Å². The lowest BCUT2D eigenvalue weighted by Gasteiger charge is -2.33. The lowest BCUT2D eigenvalue weighted by molar-refractivity contribution is -0.124. The number of rotatable bonds is 3. The number of nitrogens with one attached hydrogen (secondary N) is 2. The van der Waals surface area contributed by atoms with E-state index >= 15 is 0 Å². The largest absolute Gasteiger partial charge is 0.336 e. The second kappa shape index (κ2) is 5.68. The second-order valence-electron chi connectivity index (χ2n) is 6.30. The highest BCUT2D eigenvalue weighted by Gasteiger charge is 2.35. The van der Waals surface area contributed by atoms with Crippen LogP contribution in [0, 0.1) is 16.7 Å². The van der Waals surface area contributed by atoms with Crippen LogP contribution in [0.15, 0.2) is 0 Å². The Labute approximate surface area is 109 Å². The van der Waals surface area contributed by atoms with E-state index in [9.17, 15) is 10.1 Å². The first-order valence-corrected chi connectivity index (χ1v) is 6.48.